The number of benzene rings is 2. The van der Waals surface area contributed by atoms with Crippen LogP contribution in [0.5, 0.6) is 0 Å². The quantitative estimate of drug-likeness (QED) is 0.485. The molecule has 2 aromatic rings. The van der Waals surface area contributed by atoms with Gasteiger partial charge in [-0.2, -0.15) is 5.10 Å². The van der Waals surface area contributed by atoms with Crippen LogP contribution in [0.4, 0.5) is 4.39 Å². The van der Waals surface area contributed by atoms with E-state index in [4.69, 9.17) is 5.73 Å². The minimum absolute atomic E-state index is 0.0904. The molecule has 0 radical (unpaired) electrons. The third-order valence-electron chi connectivity index (χ3n) is 2.28. The number of hydrogen-bond donors (Lipinski definition) is 2. The molecule has 0 aliphatic rings. The largest absolute Gasteiger partial charge is 0.375 e. The molecule has 2 aromatic carbocycles. The van der Waals surface area contributed by atoms with E-state index in [1.54, 1.807) is 24.4 Å². The Balaban J connectivity index is 2.45. The number of nitrogens with one attached hydrogen (secondary N) is 1. The van der Waals surface area contributed by atoms with Gasteiger partial charge in [0.2, 0.25) is 0 Å². The smallest absolute Gasteiger partial charge is 0.184 e. The monoisotopic (exact) mass is 247 g/mol. The van der Waals surface area contributed by atoms with E-state index in [1.165, 1.54) is 6.07 Å². The molecule has 3 N–H and O–H groups in total. The van der Waals surface area contributed by atoms with Crippen LogP contribution in [0.2, 0.25) is 0 Å². The number of hydrogen-bond acceptors (Lipinski definition) is 2. The Hall–Kier alpha value is -2.01. The van der Waals surface area contributed by atoms with Gasteiger partial charge in [0.1, 0.15) is 5.82 Å². The summed E-state index contributed by atoms with van der Waals surface area (Å²) >= 11 is 4.62. The molecular weight excluding hydrogens is 237 g/mol. The molecule has 0 amide bonds. The molecule has 0 aliphatic heterocycles. The van der Waals surface area contributed by atoms with Crippen molar-refractivity contribution >= 4 is 34.3 Å². The van der Waals surface area contributed by atoms with Gasteiger partial charge in [-0.25, -0.2) is 4.39 Å². The number of fused-ring (bicyclic) bond motifs is 1. The summed E-state index contributed by atoms with van der Waals surface area (Å²) in [6, 6.07) is 10.3. The van der Waals surface area contributed by atoms with Crippen LogP contribution in [-0.2, 0) is 0 Å². The summed E-state index contributed by atoms with van der Waals surface area (Å²) in [5.74, 6) is -0.250. The first kappa shape index (κ1) is 11.5. The van der Waals surface area contributed by atoms with Crippen LogP contribution in [-0.4, -0.2) is 11.3 Å². The Bertz CT molecular complexity index is 595. The standard InChI is InChI=1S/C12H10FN3S/c13-11-6-5-8(7-15-16-12(14)17)9-3-1-2-4-10(9)11/h1-7H,(H3,14,16,17)/b15-7+. The van der Waals surface area contributed by atoms with Crippen molar-refractivity contribution in [3.05, 3.63) is 47.8 Å². The fourth-order valence-electron chi connectivity index (χ4n) is 1.56. The lowest BCUT2D eigenvalue weighted by Crippen LogP contribution is -2.24. The van der Waals surface area contributed by atoms with Crippen molar-refractivity contribution in [2.45, 2.75) is 0 Å². The predicted octanol–water partition coefficient (Wildman–Crippen LogP) is 2.15. The molecule has 2 rings (SSSR count). The Labute approximate surface area is 103 Å². The third kappa shape index (κ3) is 2.57. The van der Waals surface area contributed by atoms with Crippen molar-refractivity contribution in [3.8, 4) is 0 Å². The van der Waals surface area contributed by atoms with E-state index in [-0.39, 0.29) is 10.9 Å². The van der Waals surface area contributed by atoms with Crippen molar-refractivity contribution in [1.29, 1.82) is 0 Å². The molecule has 0 saturated heterocycles. The Kier molecular flexibility index (Phi) is 3.30. The van der Waals surface area contributed by atoms with Crippen LogP contribution in [0.25, 0.3) is 10.8 Å². The van der Waals surface area contributed by atoms with Crippen molar-refractivity contribution in [3.63, 3.8) is 0 Å². The Morgan fingerprint density at radius 3 is 2.65 bits per heavy atom. The topological polar surface area (TPSA) is 50.4 Å². The molecule has 0 bridgehead atoms. The lowest BCUT2D eigenvalue weighted by Gasteiger charge is -2.03. The van der Waals surface area contributed by atoms with E-state index in [0.29, 0.717) is 5.39 Å². The molecule has 5 heteroatoms. The average molecular weight is 247 g/mol. The summed E-state index contributed by atoms with van der Waals surface area (Å²) < 4.78 is 13.5. The van der Waals surface area contributed by atoms with Gasteiger partial charge in [0.25, 0.3) is 0 Å². The average Bonchev–Trinajstić information content (AvgIpc) is 2.32. The van der Waals surface area contributed by atoms with Crippen molar-refractivity contribution in [2.75, 3.05) is 0 Å². The van der Waals surface area contributed by atoms with Gasteiger partial charge in [-0.05, 0) is 29.7 Å². The maximum Gasteiger partial charge on any atom is 0.184 e. The van der Waals surface area contributed by atoms with Gasteiger partial charge in [-0.15, -0.1) is 0 Å². The van der Waals surface area contributed by atoms with Gasteiger partial charge in [0.15, 0.2) is 5.11 Å². The number of thiocarbonyl (C=S) groups is 1. The van der Waals surface area contributed by atoms with Gasteiger partial charge in [0.05, 0.1) is 6.21 Å². The van der Waals surface area contributed by atoms with Crippen molar-refractivity contribution in [1.82, 2.24) is 5.43 Å². The van der Waals surface area contributed by atoms with Gasteiger partial charge >= 0.3 is 0 Å². The van der Waals surface area contributed by atoms with Gasteiger partial charge in [-0.3, -0.25) is 5.43 Å². The van der Waals surface area contributed by atoms with E-state index in [1.807, 2.05) is 12.1 Å². The van der Waals surface area contributed by atoms with Gasteiger partial charge in [0, 0.05) is 10.9 Å². The Morgan fingerprint density at radius 2 is 1.94 bits per heavy atom. The number of rotatable bonds is 2. The summed E-state index contributed by atoms with van der Waals surface area (Å²) in [4.78, 5) is 0. The molecule has 86 valence electrons. The first-order valence-corrected chi connectivity index (χ1v) is 5.35. The van der Waals surface area contributed by atoms with E-state index < -0.39 is 0 Å². The van der Waals surface area contributed by atoms with Crippen LogP contribution in [0.3, 0.4) is 0 Å². The highest BCUT2D eigenvalue weighted by molar-refractivity contribution is 7.80. The fraction of sp³-hybridized carbons (Fsp3) is 0. The fourth-order valence-corrected chi connectivity index (χ4v) is 1.62. The molecular formula is C12H10FN3S. The maximum absolute atomic E-state index is 13.5. The molecule has 0 unspecified atom stereocenters. The van der Waals surface area contributed by atoms with Crippen LogP contribution < -0.4 is 11.2 Å². The summed E-state index contributed by atoms with van der Waals surface area (Å²) in [7, 11) is 0. The highest BCUT2D eigenvalue weighted by Crippen LogP contribution is 2.20. The number of hydrazone groups is 1. The molecule has 3 nitrogen and oxygen atoms in total. The molecule has 17 heavy (non-hydrogen) atoms. The van der Waals surface area contributed by atoms with Gasteiger partial charge < -0.3 is 5.73 Å². The second-order valence-corrected chi connectivity index (χ2v) is 3.86. The highest BCUT2D eigenvalue weighted by Gasteiger charge is 2.02. The second kappa shape index (κ2) is 4.88. The number of halogens is 1. The zero-order valence-corrected chi connectivity index (χ0v) is 9.67. The third-order valence-corrected chi connectivity index (χ3v) is 2.37. The summed E-state index contributed by atoms with van der Waals surface area (Å²) in [6.45, 7) is 0. The first-order chi connectivity index (χ1) is 8.18. The van der Waals surface area contributed by atoms with Crippen molar-refractivity contribution in [2.24, 2.45) is 10.8 Å². The molecule has 0 saturated carbocycles. The number of nitrogens with two attached hydrogens (primary N) is 1. The van der Waals surface area contributed by atoms with E-state index >= 15 is 0 Å². The maximum atomic E-state index is 13.5. The van der Waals surface area contributed by atoms with E-state index in [0.717, 1.165) is 10.9 Å². The zero-order valence-electron chi connectivity index (χ0n) is 8.85. The number of nitrogens with zero attached hydrogens (tertiary/aromatic N) is 1. The summed E-state index contributed by atoms with van der Waals surface area (Å²) in [6.07, 6.45) is 1.56. The van der Waals surface area contributed by atoms with Crippen LogP contribution in [0.1, 0.15) is 5.56 Å². The normalized spacial score (nSPS) is 10.9. The molecule has 0 heterocycles. The van der Waals surface area contributed by atoms with E-state index in [9.17, 15) is 4.39 Å². The molecule has 0 spiro atoms. The minimum Gasteiger partial charge on any atom is -0.375 e. The SMILES string of the molecule is NC(=S)N/N=C/c1ccc(F)c2ccccc12. The van der Waals surface area contributed by atoms with E-state index in [2.05, 4.69) is 22.7 Å². The predicted molar refractivity (Wildman–Crippen MR) is 71.4 cm³/mol. The summed E-state index contributed by atoms with van der Waals surface area (Å²) in [5, 5.41) is 5.30. The van der Waals surface area contributed by atoms with Crippen LogP contribution in [0.15, 0.2) is 41.5 Å². The lowest BCUT2D eigenvalue weighted by molar-refractivity contribution is 0.640. The Morgan fingerprint density at radius 1 is 1.24 bits per heavy atom. The first-order valence-electron chi connectivity index (χ1n) is 4.94. The van der Waals surface area contributed by atoms with Crippen LogP contribution >= 0.6 is 12.2 Å². The van der Waals surface area contributed by atoms with Crippen LogP contribution in [0, 0.1) is 5.82 Å². The zero-order chi connectivity index (χ0) is 12.3. The molecule has 0 aromatic heterocycles. The molecule has 0 atom stereocenters. The van der Waals surface area contributed by atoms with Gasteiger partial charge in [-0.1, -0.05) is 24.3 Å². The lowest BCUT2D eigenvalue weighted by atomic mass is 10.1. The highest BCUT2D eigenvalue weighted by atomic mass is 32.1. The minimum atomic E-state index is -0.250. The summed E-state index contributed by atoms with van der Waals surface area (Å²) in [5.41, 5.74) is 8.50. The molecule has 0 fully saturated rings. The molecule has 0 aliphatic carbocycles. The second-order valence-electron chi connectivity index (χ2n) is 3.42. The van der Waals surface area contributed by atoms with Crippen molar-refractivity contribution < 1.29 is 4.39 Å².